The van der Waals surface area contributed by atoms with Crippen molar-refractivity contribution < 1.29 is 22.7 Å². The summed E-state index contributed by atoms with van der Waals surface area (Å²) in [5, 5.41) is 2.22. The van der Waals surface area contributed by atoms with Crippen molar-refractivity contribution in [2.75, 3.05) is 30.8 Å². The second kappa shape index (κ2) is 15.8. The Balaban J connectivity index is 1.49. The van der Waals surface area contributed by atoms with E-state index >= 15 is 0 Å². The highest BCUT2D eigenvalue weighted by atomic mass is 35.5. The maximum absolute atomic E-state index is 13.3. The summed E-state index contributed by atoms with van der Waals surface area (Å²) in [6.07, 6.45) is 2.01. The van der Waals surface area contributed by atoms with E-state index in [1.54, 1.807) is 42.5 Å². The van der Waals surface area contributed by atoms with Crippen LogP contribution in [0.4, 0.5) is 5.69 Å². The minimum absolute atomic E-state index is 0.110. The van der Waals surface area contributed by atoms with Gasteiger partial charge in [-0.2, -0.15) is 0 Å². The van der Waals surface area contributed by atoms with Crippen molar-refractivity contribution in [2.45, 2.75) is 18.9 Å². The lowest BCUT2D eigenvalue weighted by atomic mass is 9.97. The average molecular weight is 762 g/mol. The smallest absolute Gasteiger partial charge is 0.337 e. The molecule has 0 bridgehead atoms. The van der Waals surface area contributed by atoms with Crippen LogP contribution in [0.15, 0.2) is 121 Å². The van der Waals surface area contributed by atoms with Crippen molar-refractivity contribution in [3.8, 4) is 5.75 Å². The molecule has 0 aliphatic carbocycles. The monoisotopic (exact) mass is 760 g/mol. The summed E-state index contributed by atoms with van der Waals surface area (Å²) in [5.74, 6) is 0.177. The number of anilines is 1. The minimum Gasteiger partial charge on any atom is -0.493 e. The van der Waals surface area contributed by atoms with Crippen LogP contribution in [0.25, 0.3) is 10.9 Å². The van der Waals surface area contributed by atoms with Crippen LogP contribution in [0.5, 0.6) is 5.75 Å². The van der Waals surface area contributed by atoms with Crippen LogP contribution < -0.4 is 9.04 Å². The Morgan fingerprint density at radius 1 is 0.765 bits per heavy atom. The van der Waals surface area contributed by atoms with Gasteiger partial charge in [0.2, 0.25) is 10.0 Å². The zero-order valence-corrected chi connectivity index (χ0v) is 31.0. The minimum atomic E-state index is -3.75. The molecule has 0 aliphatic heterocycles. The van der Waals surface area contributed by atoms with Gasteiger partial charge in [-0.1, -0.05) is 102 Å². The highest BCUT2D eigenvalue weighted by Gasteiger charge is 2.27. The summed E-state index contributed by atoms with van der Waals surface area (Å²) in [6.45, 7) is 0.423. The molecule has 51 heavy (non-hydrogen) atoms. The number of hydrogen-bond acceptors (Lipinski definition) is 5. The molecule has 0 radical (unpaired) electrons. The molecule has 6 rings (SSSR count). The number of rotatable bonds is 13. The van der Waals surface area contributed by atoms with Crippen LogP contribution in [0.1, 0.15) is 38.8 Å². The van der Waals surface area contributed by atoms with Gasteiger partial charge >= 0.3 is 5.97 Å². The van der Waals surface area contributed by atoms with Crippen LogP contribution in [0.3, 0.4) is 0 Å². The van der Waals surface area contributed by atoms with E-state index in [1.165, 1.54) is 17.7 Å². The van der Waals surface area contributed by atoms with Gasteiger partial charge in [-0.3, -0.25) is 4.31 Å². The predicted molar refractivity (Wildman–Crippen MR) is 206 cm³/mol. The number of carbonyl (C=O) groups excluding carboxylic acids is 1. The SMILES string of the molecule is COC(=O)c1ccc(OCCc2c(CCN(c3cc(Cl)cc(Cl)c3)S(C)(=O)=O)n(C(c3ccccc3)c3ccccc3)c3cc(Cl)ccc23)cc1. The molecule has 11 heteroatoms. The normalized spacial score (nSPS) is 11.6. The van der Waals surface area contributed by atoms with Gasteiger partial charge in [-0.25, -0.2) is 13.2 Å². The van der Waals surface area contributed by atoms with Gasteiger partial charge in [0.05, 0.1) is 42.8 Å². The molecular formula is C40H35Cl3N2O5S. The maximum atomic E-state index is 13.3. The summed E-state index contributed by atoms with van der Waals surface area (Å²) in [4.78, 5) is 11.9. The lowest BCUT2D eigenvalue weighted by Gasteiger charge is -2.27. The standard InChI is InChI=1S/C40H35Cl3N2O5S/c1-49-40(46)29-13-16-34(17-14-29)50-22-20-36-35-18-15-30(41)26-38(35)45(39(27-9-5-3-6-10-27)28-11-7-4-8-12-28)37(36)19-21-44(51(2,47)48)33-24-31(42)23-32(43)25-33/h3-18,23-26,39H,19-22H2,1-2H3. The summed E-state index contributed by atoms with van der Waals surface area (Å²) < 4.78 is 41.3. The lowest BCUT2D eigenvalue weighted by molar-refractivity contribution is 0.0600. The van der Waals surface area contributed by atoms with Gasteiger partial charge in [0.25, 0.3) is 0 Å². The molecule has 1 aromatic heterocycles. The second-order valence-corrected chi connectivity index (χ2v) is 15.2. The molecule has 0 unspecified atom stereocenters. The van der Waals surface area contributed by atoms with E-state index in [1.807, 2.05) is 54.6 Å². The molecule has 0 aliphatic rings. The Morgan fingerprint density at radius 3 is 1.94 bits per heavy atom. The van der Waals surface area contributed by atoms with Gasteiger partial charge < -0.3 is 14.0 Å². The van der Waals surface area contributed by atoms with E-state index in [-0.39, 0.29) is 12.6 Å². The van der Waals surface area contributed by atoms with Crippen molar-refractivity contribution >= 4 is 67.4 Å². The van der Waals surface area contributed by atoms with Crippen molar-refractivity contribution in [3.05, 3.63) is 164 Å². The summed E-state index contributed by atoms with van der Waals surface area (Å²) in [7, 11) is -2.40. The van der Waals surface area contributed by atoms with Gasteiger partial charge in [0.15, 0.2) is 0 Å². The Labute approximate surface area is 312 Å². The van der Waals surface area contributed by atoms with Crippen molar-refractivity contribution in [3.63, 3.8) is 0 Å². The first-order valence-corrected chi connectivity index (χ1v) is 19.2. The summed E-state index contributed by atoms with van der Waals surface area (Å²) in [6, 6.07) is 37.5. The zero-order chi connectivity index (χ0) is 36.1. The number of fused-ring (bicyclic) bond motifs is 1. The number of hydrogen-bond donors (Lipinski definition) is 0. The van der Waals surface area contributed by atoms with Crippen LogP contribution >= 0.6 is 34.8 Å². The van der Waals surface area contributed by atoms with Crippen molar-refractivity contribution in [1.29, 1.82) is 0 Å². The fraction of sp³-hybridized carbons (Fsp3) is 0.175. The largest absolute Gasteiger partial charge is 0.493 e. The molecule has 0 saturated heterocycles. The third kappa shape index (κ3) is 8.37. The fourth-order valence-electron chi connectivity index (χ4n) is 6.47. The van der Waals surface area contributed by atoms with Crippen LogP contribution in [-0.2, 0) is 27.6 Å². The molecule has 0 amide bonds. The summed E-state index contributed by atoms with van der Waals surface area (Å²) in [5.41, 5.74) is 5.75. The highest BCUT2D eigenvalue weighted by Crippen LogP contribution is 2.38. The molecule has 5 aromatic carbocycles. The predicted octanol–water partition coefficient (Wildman–Crippen LogP) is 9.66. The quantitative estimate of drug-likeness (QED) is 0.110. The fourth-order valence-corrected chi connectivity index (χ4v) is 8.06. The summed E-state index contributed by atoms with van der Waals surface area (Å²) >= 11 is 19.4. The molecule has 0 fully saturated rings. The number of nitrogens with zero attached hydrogens (tertiary/aromatic N) is 2. The highest BCUT2D eigenvalue weighted by molar-refractivity contribution is 7.92. The molecule has 7 nitrogen and oxygen atoms in total. The van der Waals surface area contributed by atoms with E-state index in [4.69, 9.17) is 44.3 Å². The average Bonchev–Trinajstić information content (AvgIpc) is 3.40. The number of sulfonamides is 1. The molecule has 262 valence electrons. The Morgan fingerprint density at radius 2 is 1.37 bits per heavy atom. The first-order chi connectivity index (χ1) is 24.5. The zero-order valence-electron chi connectivity index (χ0n) is 27.9. The van der Waals surface area contributed by atoms with Gasteiger partial charge in [-0.15, -0.1) is 0 Å². The van der Waals surface area contributed by atoms with Crippen molar-refractivity contribution in [2.24, 2.45) is 0 Å². The van der Waals surface area contributed by atoms with Crippen molar-refractivity contribution in [1.82, 2.24) is 4.57 Å². The topological polar surface area (TPSA) is 77.8 Å². The van der Waals surface area contributed by atoms with E-state index in [2.05, 4.69) is 28.8 Å². The van der Waals surface area contributed by atoms with E-state index in [0.717, 1.165) is 33.3 Å². The molecule has 6 aromatic rings. The van der Waals surface area contributed by atoms with Gasteiger partial charge in [0.1, 0.15) is 5.75 Å². The first-order valence-electron chi connectivity index (χ1n) is 16.2. The molecule has 0 saturated carbocycles. The number of esters is 1. The maximum Gasteiger partial charge on any atom is 0.337 e. The molecule has 0 N–H and O–H groups in total. The number of aromatic nitrogens is 1. The van der Waals surface area contributed by atoms with Gasteiger partial charge in [0, 0.05) is 45.5 Å². The third-order valence-electron chi connectivity index (χ3n) is 8.66. The van der Waals surface area contributed by atoms with Crippen LogP contribution in [-0.4, -0.2) is 45.5 Å². The Hall–Kier alpha value is -4.47. The first kappa shape index (κ1) is 36.3. The van der Waals surface area contributed by atoms with E-state index in [0.29, 0.717) is 51.5 Å². The van der Waals surface area contributed by atoms with Crippen LogP contribution in [0.2, 0.25) is 15.1 Å². The number of methoxy groups -OCH3 is 1. The Bertz CT molecular complexity index is 2200. The second-order valence-electron chi connectivity index (χ2n) is 12.0. The third-order valence-corrected chi connectivity index (χ3v) is 10.5. The number of halogens is 3. The number of benzene rings is 5. The molecule has 1 heterocycles. The van der Waals surface area contributed by atoms with Gasteiger partial charge in [-0.05, 0) is 71.3 Å². The van der Waals surface area contributed by atoms with Crippen LogP contribution in [0, 0.1) is 0 Å². The molecule has 0 spiro atoms. The Kier molecular flexibility index (Phi) is 11.3. The van der Waals surface area contributed by atoms with E-state index < -0.39 is 16.0 Å². The lowest BCUT2D eigenvalue weighted by Crippen LogP contribution is -2.32. The number of ether oxygens (including phenoxy) is 2. The van der Waals surface area contributed by atoms with E-state index in [9.17, 15) is 13.2 Å². The molecule has 0 atom stereocenters. The number of carbonyl (C=O) groups is 1. The molecular weight excluding hydrogens is 727 g/mol.